The highest BCUT2D eigenvalue weighted by molar-refractivity contribution is 5.81. The van der Waals surface area contributed by atoms with Gasteiger partial charge in [0.2, 0.25) is 0 Å². The van der Waals surface area contributed by atoms with Crippen LogP contribution in [-0.4, -0.2) is 33.5 Å². The predicted molar refractivity (Wildman–Crippen MR) is 114 cm³/mol. The number of benzene rings is 1. The van der Waals surface area contributed by atoms with Crippen LogP contribution in [0.2, 0.25) is 0 Å². The Morgan fingerprint density at radius 3 is 2.65 bits per heavy atom. The van der Waals surface area contributed by atoms with Gasteiger partial charge in [-0.3, -0.25) is 23.9 Å². The van der Waals surface area contributed by atoms with E-state index in [1.807, 2.05) is 38.1 Å². The van der Waals surface area contributed by atoms with Gasteiger partial charge in [-0.2, -0.15) is 0 Å². The largest absolute Gasteiger partial charge is 0.460 e. The summed E-state index contributed by atoms with van der Waals surface area (Å²) >= 11 is 0. The van der Waals surface area contributed by atoms with Crippen molar-refractivity contribution in [2.45, 2.75) is 71.3 Å². The Morgan fingerprint density at radius 1 is 1.23 bits per heavy atom. The molecule has 8 heteroatoms. The average molecular weight is 428 g/mol. The van der Waals surface area contributed by atoms with Gasteiger partial charge in [0.05, 0.1) is 6.10 Å². The number of aryl methyl sites for hydroxylation is 2. The van der Waals surface area contributed by atoms with Gasteiger partial charge in [-0.1, -0.05) is 31.2 Å². The first-order valence-corrected chi connectivity index (χ1v) is 10.5. The van der Waals surface area contributed by atoms with Crippen molar-refractivity contribution in [3.63, 3.8) is 0 Å². The van der Waals surface area contributed by atoms with Gasteiger partial charge in [0.15, 0.2) is 0 Å². The first-order chi connectivity index (χ1) is 14.8. The molecule has 0 amide bonds. The molecule has 1 aliphatic rings. The van der Waals surface area contributed by atoms with Crippen LogP contribution in [0, 0.1) is 6.92 Å². The number of hydrogen-bond donors (Lipinski definition) is 1. The van der Waals surface area contributed by atoms with Crippen molar-refractivity contribution < 1.29 is 19.1 Å². The van der Waals surface area contributed by atoms with E-state index in [4.69, 9.17) is 9.47 Å². The molecule has 0 bridgehead atoms. The standard InChI is InChI=1S/C23H28N2O6/c1-4-16-13-25(23(29)24-22(16)28)21-12-20(30-15(3)26)19(31-21)10-9-18(27)11-17-8-6-5-7-14(17)2/h5-8,13,19-21H,4,9-12H2,1-3H3,(H,24,28,29)/t19-,20?,21-/m0/s1. The molecule has 2 aromatic rings. The number of nitrogens with one attached hydrogen (secondary N) is 1. The topological polar surface area (TPSA) is 107 Å². The highest BCUT2D eigenvalue weighted by Crippen LogP contribution is 2.32. The summed E-state index contributed by atoms with van der Waals surface area (Å²) in [5.74, 6) is -0.383. The number of aromatic amines is 1. The number of ketones is 1. The minimum Gasteiger partial charge on any atom is -0.460 e. The second-order valence-electron chi connectivity index (χ2n) is 7.87. The van der Waals surface area contributed by atoms with Crippen molar-refractivity contribution in [2.24, 2.45) is 0 Å². The normalized spacial score (nSPS) is 20.5. The van der Waals surface area contributed by atoms with Crippen LogP contribution in [0.5, 0.6) is 0 Å². The van der Waals surface area contributed by atoms with Gasteiger partial charge in [-0.25, -0.2) is 4.79 Å². The molecule has 1 aliphatic heterocycles. The minimum atomic E-state index is -0.685. The molecule has 166 valence electrons. The van der Waals surface area contributed by atoms with Gasteiger partial charge < -0.3 is 9.47 Å². The summed E-state index contributed by atoms with van der Waals surface area (Å²) in [6.45, 7) is 5.10. The van der Waals surface area contributed by atoms with Crippen LogP contribution in [0.25, 0.3) is 0 Å². The second kappa shape index (κ2) is 9.87. The van der Waals surface area contributed by atoms with Gasteiger partial charge in [0.1, 0.15) is 18.1 Å². The number of carbonyl (C=O) groups excluding carboxylic acids is 2. The van der Waals surface area contributed by atoms with Crippen LogP contribution < -0.4 is 11.2 Å². The van der Waals surface area contributed by atoms with E-state index >= 15 is 0 Å². The summed E-state index contributed by atoms with van der Waals surface area (Å²) in [6.07, 6.45) is 1.43. The first-order valence-electron chi connectivity index (χ1n) is 10.5. The van der Waals surface area contributed by atoms with Crippen LogP contribution in [0.1, 0.15) is 56.0 Å². The average Bonchev–Trinajstić information content (AvgIpc) is 3.10. The van der Waals surface area contributed by atoms with Gasteiger partial charge in [-0.05, 0) is 30.9 Å². The van der Waals surface area contributed by atoms with Crippen LogP contribution in [0.15, 0.2) is 40.1 Å². The minimum absolute atomic E-state index is 0.0670. The van der Waals surface area contributed by atoms with Crippen molar-refractivity contribution in [1.82, 2.24) is 9.55 Å². The summed E-state index contributed by atoms with van der Waals surface area (Å²) in [7, 11) is 0. The van der Waals surface area contributed by atoms with Crippen molar-refractivity contribution >= 4 is 11.8 Å². The molecular weight excluding hydrogens is 400 g/mol. The molecule has 1 fully saturated rings. The van der Waals surface area contributed by atoms with E-state index in [9.17, 15) is 19.2 Å². The van der Waals surface area contributed by atoms with E-state index < -0.39 is 35.7 Å². The molecule has 2 heterocycles. The zero-order valence-electron chi connectivity index (χ0n) is 18.1. The molecule has 0 radical (unpaired) electrons. The number of ether oxygens (including phenoxy) is 2. The first kappa shape index (κ1) is 22.7. The Morgan fingerprint density at radius 2 is 1.97 bits per heavy atom. The van der Waals surface area contributed by atoms with Crippen molar-refractivity contribution in [1.29, 1.82) is 0 Å². The molecule has 1 aromatic carbocycles. The summed E-state index contributed by atoms with van der Waals surface area (Å²) < 4.78 is 12.7. The number of aromatic nitrogens is 2. The summed E-state index contributed by atoms with van der Waals surface area (Å²) in [5.41, 5.74) is 1.52. The molecular formula is C23H28N2O6. The van der Waals surface area contributed by atoms with Crippen LogP contribution in [-0.2, 0) is 31.9 Å². The summed E-state index contributed by atoms with van der Waals surface area (Å²) in [4.78, 5) is 50.5. The van der Waals surface area contributed by atoms with Crippen LogP contribution in [0.4, 0.5) is 0 Å². The SMILES string of the molecule is CCc1cn([C@@H]2CC(OC(C)=O)[C@H](CCC(=O)Cc3ccccc3C)O2)c(=O)[nH]c1=O. The number of rotatable bonds is 8. The van der Waals surface area contributed by atoms with Crippen LogP contribution >= 0.6 is 0 Å². The fourth-order valence-corrected chi connectivity index (χ4v) is 3.87. The van der Waals surface area contributed by atoms with Crippen LogP contribution in [0.3, 0.4) is 0 Å². The molecule has 0 saturated carbocycles. The van der Waals surface area contributed by atoms with Crippen molar-refractivity contribution in [3.05, 3.63) is 68.0 Å². The monoisotopic (exact) mass is 428 g/mol. The Balaban J connectivity index is 1.71. The third-order valence-corrected chi connectivity index (χ3v) is 5.59. The molecule has 0 aliphatic carbocycles. The maximum Gasteiger partial charge on any atom is 0.330 e. The van der Waals surface area contributed by atoms with Crippen molar-refractivity contribution in [3.8, 4) is 0 Å². The number of Topliss-reactive ketones (excluding diaryl/α,β-unsaturated/α-hetero) is 1. The highest BCUT2D eigenvalue weighted by atomic mass is 16.6. The zero-order chi connectivity index (χ0) is 22.5. The highest BCUT2D eigenvalue weighted by Gasteiger charge is 2.39. The van der Waals surface area contributed by atoms with Gasteiger partial charge in [0.25, 0.3) is 5.56 Å². The van der Waals surface area contributed by atoms with E-state index in [1.165, 1.54) is 17.7 Å². The third kappa shape index (κ3) is 5.58. The van der Waals surface area contributed by atoms with Crippen molar-refractivity contribution in [2.75, 3.05) is 0 Å². The maximum atomic E-state index is 12.5. The molecule has 8 nitrogen and oxygen atoms in total. The Bertz CT molecular complexity index is 1070. The molecule has 0 spiro atoms. The smallest absolute Gasteiger partial charge is 0.330 e. The van der Waals surface area contributed by atoms with E-state index in [0.717, 1.165) is 11.1 Å². The van der Waals surface area contributed by atoms with Gasteiger partial charge in [0, 0.05) is 37.9 Å². The molecule has 1 unspecified atom stereocenters. The summed E-state index contributed by atoms with van der Waals surface area (Å²) in [6, 6.07) is 7.74. The molecule has 1 saturated heterocycles. The Kier molecular flexibility index (Phi) is 7.22. The van der Waals surface area contributed by atoms with E-state index in [2.05, 4.69) is 4.98 Å². The molecule has 31 heavy (non-hydrogen) atoms. The molecule has 1 aromatic heterocycles. The lowest BCUT2D eigenvalue weighted by molar-refractivity contribution is -0.149. The quantitative estimate of drug-likeness (QED) is 0.646. The Labute approximate surface area is 180 Å². The lowest BCUT2D eigenvalue weighted by Gasteiger charge is -2.18. The fraction of sp³-hybridized carbons (Fsp3) is 0.478. The number of carbonyl (C=O) groups is 2. The molecule has 3 atom stereocenters. The zero-order valence-corrected chi connectivity index (χ0v) is 18.1. The number of nitrogens with zero attached hydrogens (tertiary/aromatic N) is 1. The lowest BCUT2D eigenvalue weighted by atomic mass is 9.99. The lowest BCUT2D eigenvalue weighted by Crippen LogP contribution is -2.34. The van der Waals surface area contributed by atoms with Gasteiger partial charge in [-0.15, -0.1) is 0 Å². The fourth-order valence-electron chi connectivity index (χ4n) is 3.87. The number of H-pyrrole nitrogens is 1. The number of esters is 1. The maximum absolute atomic E-state index is 12.5. The molecule has 1 N–H and O–H groups in total. The van der Waals surface area contributed by atoms with Gasteiger partial charge >= 0.3 is 11.7 Å². The second-order valence-corrected chi connectivity index (χ2v) is 7.87. The number of hydrogen-bond acceptors (Lipinski definition) is 6. The predicted octanol–water partition coefficient (Wildman–Crippen LogP) is 2.22. The third-order valence-electron chi connectivity index (χ3n) is 5.59. The molecule has 3 rings (SSSR count). The van der Waals surface area contributed by atoms with E-state index in [-0.39, 0.29) is 18.6 Å². The van der Waals surface area contributed by atoms with E-state index in [0.29, 0.717) is 24.8 Å². The summed E-state index contributed by atoms with van der Waals surface area (Å²) in [5, 5.41) is 0. The van der Waals surface area contributed by atoms with E-state index in [1.54, 1.807) is 0 Å². The Hall–Kier alpha value is -3.00.